The number of rotatable bonds is 5. The summed E-state index contributed by atoms with van der Waals surface area (Å²) in [6.45, 7) is 3.28. The van der Waals surface area contributed by atoms with E-state index in [9.17, 15) is 0 Å². The fraction of sp³-hybridized carbons (Fsp3) is 0.444. The van der Waals surface area contributed by atoms with Gasteiger partial charge in [0.05, 0.1) is 0 Å². The third kappa shape index (κ3) is 3.59. The van der Waals surface area contributed by atoms with Gasteiger partial charge in [-0.1, -0.05) is 42.8 Å². The first-order chi connectivity index (χ1) is 9.92. The quantitative estimate of drug-likeness (QED) is 0.812. The minimum Gasteiger partial charge on any atom is -0.314 e. The Morgan fingerprint density at radius 1 is 1.05 bits per heavy atom. The Morgan fingerprint density at radius 3 is 2.80 bits per heavy atom. The summed E-state index contributed by atoms with van der Waals surface area (Å²) in [5.41, 5.74) is 1.38. The zero-order chi connectivity index (χ0) is 13.6. The molecule has 1 atom stereocenters. The predicted molar refractivity (Wildman–Crippen MR) is 85.9 cm³/mol. The van der Waals surface area contributed by atoms with Gasteiger partial charge in [0.15, 0.2) is 0 Å². The maximum atomic E-state index is 3.60. The van der Waals surface area contributed by atoms with Gasteiger partial charge in [0.2, 0.25) is 0 Å². The summed E-state index contributed by atoms with van der Waals surface area (Å²) < 4.78 is 0. The number of hydrogen-bond acceptors (Lipinski definition) is 2. The van der Waals surface area contributed by atoms with Crippen molar-refractivity contribution in [1.29, 1.82) is 0 Å². The monoisotopic (exact) mass is 268 g/mol. The van der Waals surface area contributed by atoms with Crippen molar-refractivity contribution in [2.24, 2.45) is 0 Å². The summed E-state index contributed by atoms with van der Waals surface area (Å²) in [6, 6.07) is 16.0. The third-order valence-electron chi connectivity index (χ3n) is 4.22. The molecule has 2 aromatic carbocycles. The Bertz CT molecular complexity index is 544. The number of hydrogen-bond donors (Lipinski definition) is 2. The van der Waals surface area contributed by atoms with E-state index in [1.165, 1.54) is 48.6 Å². The summed E-state index contributed by atoms with van der Waals surface area (Å²) in [5, 5.41) is 9.83. The molecule has 0 saturated carbocycles. The second-order valence-electron chi connectivity index (χ2n) is 5.79. The lowest BCUT2D eigenvalue weighted by atomic mass is 10.0. The van der Waals surface area contributed by atoms with Gasteiger partial charge >= 0.3 is 0 Å². The fourth-order valence-corrected chi connectivity index (χ4v) is 3.03. The van der Waals surface area contributed by atoms with Gasteiger partial charge in [-0.15, -0.1) is 0 Å². The molecule has 1 unspecified atom stereocenters. The van der Waals surface area contributed by atoms with Crippen molar-refractivity contribution >= 4 is 10.8 Å². The summed E-state index contributed by atoms with van der Waals surface area (Å²) >= 11 is 0. The van der Waals surface area contributed by atoms with Crippen LogP contribution in [-0.2, 0) is 6.54 Å². The Kier molecular flexibility index (Phi) is 4.67. The van der Waals surface area contributed by atoms with E-state index in [1.807, 2.05) is 0 Å². The van der Waals surface area contributed by atoms with E-state index in [2.05, 4.69) is 53.1 Å². The summed E-state index contributed by atoms with van der Waals surface area (Å²) in [4.78, 5) is 0. The lowest BCUT2D eigenvalue weighted by Crippen LogP contribution is -2.36. The normalized spacial score (nSPS) is 19.3. The topological polar surface area (TPSA) is 24.1 Å². The van der Waals surface area contributed by atoms with Crippen LogP contribution in [0.4, 0.5) is 0 Å². The van der Waals surface area contributed by atoms with E-state index < -0.39 is 0 Å². The summed E-state index contributed by atoms with van der Waals surface area (Å²) in [7, 11) is 0. The fourth-order valence-electron chi connectivity index (χ4n) is 3.03. The van der Waals surface area contributed by atoms with E-state index in [0.717, 1.165) is 19.1 Å². The number of nitrogens with one attached hydrogen (secondary N) is 2. The van der Waals surface area contributed by atoms with E-state index in [0.29, 0.717) is 0 Å². The third-order valence-corrected chi connectivity index (χ3v) is 4.22. The van der Waals surface area contributed by atoms with Crippen molar-refractivity contribution in [2.75, 3.05) is 13.1 Å². The molecule has 1 heterocycles. The first-order valence-electron chi connectivity index (χ1n) is 7.83. The zero-order valence-electron chi connectivity index (χ0n) is 12.1. The van der Waals surface area contributed by atoms with Crippen molar-refractivity contribution in [1.82, 2.24) is 10.6 Å². The van der Waals surface area contributed by atoms with Crippen molar-refractivity contribution in [2.45, 2.75) is 38.3 Å². The summed E-state index contributed by atoms with van der Waals surface area (Å²) in [5.74, 6) is 0. The average molecular weight is 268 g/mol. The number of piperidine rings is 1. The molecule has 0 radical (unpaired) electrons. The molecule has 0 amide bonds. The van der Waals surface area contributed by atoms with Crippen molar-refractivity contribution in [3.63, 3.8) is 0 Å². The molecule has 0 bridgehead atoms. The smallest absolute Gasteiger partial charge is 0.0205 e. The molecule has 2 nitrogen and oxygen atoms in total. The molecule has 0 aromatic heterocycles. The lowest BCUT2D eigenvalue weighted by Gasteiger charge is -2.23. The van der Waals surface area contributed by atoms with Gasteiger partial charge in [-0.25, -0.2) is 0 Å². The Hall–Kier alpha value is -1.38. The van der Waals surface area contributed by atoms with Crippen LogP contribution < -0.4 is 10.6 Å². The number of benzene rings is 2. The maximum Gasteiger partial charge on any atom is 0.0205 e. The van der Waals surface area contributed by atoms with Crippen LogP contribution >= 0.6 is 0 Å². The molecule has 2 heteroatoms. The van der Waals surface area contributed by atoms with E-state index in [-0.39, 0.29) is 0 Å². The molecular formula is C18H24N2. The van der Waals surface area contributed by atoms with Gasteiger partial charge in [0.25, 0.3) is 0 Å². The highest BCUT2D eigenvalue weighted by Gasteiger charge is 2.11. The highest BCUT2D eigenvalue weighted by molar-refractivity contribution is 5.82. The molecule has 106 valence electrons. The Morgan fingerprint density at radius 2 is 1.95 bits per heavy atom. The molecule has 0 aliphatic carbocycles. The average Bonchev–Trinajstić information content (AvgIpc) is 2.52. The standard InChI is InChI=1S/C18H24N2/c1-2-6-17-13-15(8-9-16(17)5-1)14-19-12-10-18-7-3-4-11-20-18/h1-2,5-6,8-9,13,18-20H,3-4,7,10-12,14H2. The maximum absolute atomic E-state index is 3.60. The first kappa shape index (κ1) is 13.6. The van der Waals surface area contributed by atoms with Crippen molar-refractivity contribution in [3.05, 3.63) is 48.0 Å². The molecule has 3 rings (SSSR count). The zero-order valence-corrected chi connectivity index (χ0v) is 12.1. The van der Waals surface area contributed by atoms with Gasteiger partial charge in [0.1, 0.15) is 0 Å². The molecule has 2 aromatic rings. The Labute approximate surface area is 121 Å². The lowest BCUT2D eigenvalue weighted by molar-refractivity contribution is 0.376. The van der Waals surface area contributed by atoms with Crippen molar-refractivity contribution in [3.8, 4) is 0 Å². The van der Waals surface area contributed by atoms with Crippen LogP contribution in [0, 0.1) is 0 Å². The first-order valence-corrected chi connectivity index (χ1v) is 7.83. The van der Waals surface area contributed by atoms with Gasteiger partial charge in [-0.05, 0) is 54.8 Å². The van der Waals surface area contributed by atoms with Gasteiger partial charge in [-0.2, -0.15) is 0 Å². The van der Waals surface area contributed by atoms with Crippen molar-refractivity contribution < 1.29 is 0 Å². The van der Waals surface area contributed by atoms with Gasteiger partial charge < -0.3 is 10.6 Å². The van der Waals surface area contributed by atoms with Crippen LogP contribution in [0.5, 0.6) is 0 Å². The van der Waals surface area contributed by atoms with E-state index >= 15 is 0 Å². The minimum absolute atomic E-state index is 0.729. The van der Waals surface area contributed by atoms with Crippen LogP contribution in [0.15, 0.2) is 42.5 Å². The largest absolute Gasteiger partial charge is 0.314 e. The van der Waals surface area contributed by atoms with Gasteiger partial charge in [-0.3, -0.25) is 0 Å². The molecule has 0 spiro atoms. The van der Waals surface area contributed by atoms with Crippen LogP contribution in [0.3, 0.4) is 0 Å². The molecule has 20 heavy (non-hydrogen) atoms. The van der Waals surface area contributed by atoms with Crippen LogP contribution in [0.2, 0.25) is 0 Å². The van der Waals surface area contributed by atoms with E-state index in [4.69, 9.17) is 0 Å². The second-order valence-corrected chi connectivity index (χ2v) is 5.79. The molecule has 1 aliphatic heterocycles. The highest BCUT2D eigenvalue weighted by Crippen LogP contribution is 2.15. The minimum atomic E-state index is 0.729. The molecule has 2 N–H and O–H groups in total. The molecular weight excluding hydrogens is 244 g/mol. The van der Waals surface area contributed by atoms with Gasteiger partial charge in [0, 0.05) is 12.6 Å². The number of fused-ring (bicyclic) bond motifs is 1. The van der Waals surface area contributed by atoms with Crippen LogP contribution in [0.1, 0.15) is 31.2 Å². The second kappa shape index (κ2) is 6.87. The predicted octanol–water partition coefficient (Wildman–Crippen LogP) is 3.46. The summed E-state index contributed by atoms with van der Waals surface area (Å²) in [6.07, 6.45) is 5.33. The van der Waals surface area contributed by atoms with E-state index in [1.54, 1.807) is 0 Å². The molecule has 1 saturated heterocycles. The SMILES string of the molecule is c1ccc2cc(CNCCC3CCCCN3)ccc2c1. The Balaban J connectivity index is 1.47. The highest BCUT2D eigenvalue weighted by atomic mass is 14.9. The van der Waals surface area contributed by atoms with Crippen LogP contribution in [-0.4, -0.2) is 19.1 Å². The molecule has 1 fully saturated rings. The molecule has 1 aliphatic rings. The van der Waals surface area contributed by atoms with Crippen LogP contribution in [0.25, 0.3) is 10.8 Å².